The zero-order chi connectivity index (χ0) is 12.6. The van der Waals surface area contributed by atoms with Gasteiger partial charge in [0, 0.05) is 18.6 Å². The molecule has 1 aromatic heterocycles. The first-order valence-electron chi connectivity index (χ1n) is 7.80. The summed E-state index contributed by atoms with van der Waals surface area (Å²) in [6.45, 7) is 3.33. The van der Waals surface area contributed by atoms with Gasteiger partial charge in [-0.3, -0.25) is 0 Å². The highest BCUT2D eigenvalue weighted by molar-refractivity contribution is 5.03. The molecule has 0 aliphatic heterocycles. The fraction of sp³-hybridized carbons (Fsp3) is 0.706. The number of hydrogen-bond donors (Lipinski definition) is 0. The maximum Gasteiger partial charge on any atom is 0.169 e. The van der Waals surface area contributed by atoms with E-state index >= 15 is 0 Å². The summed E-state index contributed by atoms with van der Waals surface area (Å²) in [6, 6.07) is 4.39. The average Bonchev–Trinajstić information content (AvgIpc) is 2.89. The van der Waals surface area contributed by atoms with Crippen LogP contribution in [0.5, 0.6) is 0 Å². The average molecular weight is 246 g/mol. The third-order valence-electron chi connectivity index (χ3n) is 4.31. The van der Waals surface area contributed by atoms with Gasteiger partial charge in [-0.15, -0.1) is 0 Å². The fourth-order valence-electron chi connectivity index (χ4n) is 3.06. The highest BCUT2D eigenvalue weighted by Crippen LogP contribution is 2.29. The van der Waals surface area contributed by atoms with E-state index in [0.29, 0.717) is 0 Å². The molecule has 1 aliphatic carbocycles. The number of pyridine rings is 1. The molecule has 1 aromatic rings. The van der Waals surface area contributed by atoms with Gasteiger partial charge in [0.05, 0.1) is 0 Å². The van der Waals surface area contributed by atoms with E-state index in [1.807, 2.05) is 0 Å². The van der Waals surface area contributed by atoms with Crippen molar-refractivity contribution in [2.45, 2.75) is 71.3 Å². The standard InChI is InChI=1S/C17H28N/c1-16-11-14-18(15-12-16)13-7-3-2-4-8-17-9-5-6-10-17/h11-12,14-15,17H,2-10,13H2,1H3/q+1. The number of nitrogens with zero attached hydrogens (tertiary/aromatic N) is 1. The maximum absolute atomic E-state index is 2.31. The van der Waals surface area contributed by atoms with Crippen molar-refractivity contribution < 1.29 is 4.57 Å². The first kappa shape index (κ1) is 13.6. The molecule has 0 bridgehead atoms. The van der Waals surface area contributed by atoms with Crippen molar-refractivity contribution in [3.05, 3.63) is 30.1 Å². The Morgan fingerprint density at radius 2 is 1.67 bits per heavy atom. The van der Waals surface area contributed by atoms with Crippen molar-refractivity contribution in [2.24, 2.45) is 5.92 Å². The lowest BCUT2D eigenvalue weighted by Gasteiger charge is -2.07. The monoisotopic (exact) mass is 246 g/mol. The van der Waals surface area contributed by atoms with Crippen LogP contribution in [-0.4, -0.2) is 0 Å². The number of rotatable bonds is 7. The number of aromatic nitrogens is 1. The molecule has 0 N–H and O–H groups in total. The van der Waals surface area contributed by atoms with E-state index in [9.17, 15) is 0 Å². The third-order valence-corrected chi connectivity index (χ3v) is 4.31. The van der Waals surface area contributed by atoms with E-state index in [0.717, 1.165) is 5.92 Å². The van der Waals surface area contributed by atoms with Crippen molar-refractivity contribution in [3.63, 3.8) is 0 Å². The Morgan fingerprint density at radius 1 is 1.00 bits per heavy atom. The smallest absolute Gasteiger partial charge is 0.169 e. The van der Waals surface area contributed by atoms with Crippen LogP contribution in [0.15, 0.2) is 24.5 Å². The predicted molar refractivity (Wildman–Crippen MR) is 76.4 cm³/mol. The molecule has 0 radical (unpaired) electrons. The van der Waals surface area contributed by atoms with Gasteiger partial charge in [-0.05, 0) is 24.8 Å². The minimum atomic E-state index is 1.08. The second-order valence-electron chi connectivity index (χ2n) is 5.97. The Balaban J connectivity index is 1.49. The van der Waals surface area contributed by atoms with Crippen molar-refractivity contribution in [2.75, 3.05) is 0 Å². The summed E-state index contributed by atoms with van der Waals surface area (Å²) < 4.78 is 2.31. The van der Waals surface area contributed by atoms with Crippen LogP contribution in [0.4, 0.5) is 0 Å². The van der Waals surface area contributed by atoms with Crippen LogP contribution in [-0.2, 0) is 6.54 Å². The van der Waals surface area contributed by atoms with Crippen LogP contribution in [0.1, 0.15) is 63.4 Å². The van der Waals surface area contributed by atoms with Crippen molar-refractivity contribution >= 4 is 0 Å². The molecule has 2 rings (SSSR count). The second-order valence-corrected chi connectivity index (χ2v) is 5.97. The highest BCUT2D eigenvalue weighted by Gasteiger charge is 2.13. The van der Waals surface area contributed by atoms with Crippen LogP contribution in [0, 0.1) is 12.8 Å². The fourth-order valence-corrected chi connectivity index (χ4v) is 3.06. The van der Waals surface area contributed by atoms with Crippen LogP contribution < -0.4 is 4.57 Å². The van der Waals surface area contributed by atoms with Crippen molar-refractivity contribution in [1.29, 1.82) is 0 Å². The van der Waals surface area contributed by atoms with E-state index in [-0.39, 0.29) is 0 Å². The van der Waals surface area contributed by atoms with E-state index in [4.69, 9.17) is 0 Å². The molecule has 100 valence electrons. The molecule has 0 atom stereocenters. The number of hydrogen-bond acceptors (Lipinski definition) is 0. The van der Waals surface area contributed by atoms with Gasteiger partial charge in [0.15, 0.2) is 12.4 Å². The summed E-state index contributed by atoms with van der Waals surface area (Å²) >= 11 is 0. The third kappa shape index (κ3) is 4.80. The van der Waals surface area contributed by atoms with Gasteiger partial charge in [0.25, 0.3) is 0 Å². The summed E-state index contributed by atoms with van der Waals surface area (Å²) in [4.78, 5) is 0. The summed E-state index contributed by atoms with van der Waals surface area (Å²) in [7, 11) is 0. The van der Waals surface area contributed by atoms with Gasteiger partial charge in [-0.2, -0.15) is 0 Å². The molecule has 1 heterocycles. The normalized spacial score (nSPS) is 16.3. The minimum absolute atomic E-state index is 1.08. The van der Waals surface area contributed by atoms with E-state index < -0.39 is 0 Å². The van der Waals surface area contributed by atoms with E-state index in [2.05, 4.69) is 36.0 Å². The van der Waals surface area contributed by atoms with Crippen LogP contribution in [0.25, 0.3) is 0 Å². The first-order valence-corrected chi connectivity index (χ1v) is 7.80. The van der Waals surface area contributed by atoms with Crippen LogP contribution in [0.2, 0.25) is 0 Å². The Labute approximate surface area is 112 Å². The minimum Gasteiger partial charge on any atom is -0.205 e. The Morgan fingerprint density at radius 3 is 2.39 bits per heavy atom. The van der Waals surface area contributed by atoms with Gasteiger partial charge < -0.3 is 0 Å². The molecule has 18 heavy (non-hydrogen) atoms. The van der Waals surface area contributed by atoms with Gasteiger partial charge in [0.1, 0.15) is 6.54 Å². The quantitative estimate of drug-likeness (QED) is 0.495. The van der Waals surface area contributed by atoms with Gasteiger partial charge in [0.2, 0.25) is 0 Å². The summed E-state index contributed by atoms with van der Waals surface area (Å²) in [5, 5.41) is 0. The van der Waals surface area contributed by atoms with Crippen LogP contribution >= 0.6 is 0 Å². The lowest BCUT2D eigenvalue weighted by atomic mass is 9.99. The molecular formula is C17H28N+. The lowest BCUT2D eigenvalue weighted by Crippen LogP contribution is -2.32. The molecule has 0 unspecified atom stereocenters. The second kappa shape index (κ2) is 7.56. The molecule has 0 aromatic carbocycles. The van der Waals surface area contributed by atoms with Crippen molar-refractivity contribution in [3.8, 4) is 0 Å². The first-order chi connectivity index (χ1) is 8.84. The molecule has 0 saturated heterocycles. The Kier molecular flexibility index (Phi) is 5.70. The zero-order valence-electron chi connectivity index (χ0n) is 11.9. The van der Waals surface area contributed by atoms with Gasteiger partial charge in [-0.25, -0.2) is 4.57 Å². The molecule has 1 heteroatoms. The molecule has 1 aliphatic rings. The van der Waals surface area contributed by atoms with Gasteiger partial charge >= 0.3 is 0 Å². The predicted octanol–water partition coefficient (Wildman–Crippen LogP) is 4.42. The highest BCUT2D eigenvalue weighted by atomic mass is 14.9. The Hall–Kier alpha value is -0.850. The molecular weight excluding hydrogens is 218 g/mol. The summed E-state index contributed by atoms with van der Waals surface area (Å²) in [5.41, 5.74) is 1.35. The molecule has 0 spiro atoms. The van der Waals surface area contributed by atoms with Gasteiger partial charge in [-0.1, -0.05) is 44.9 Å². The van der Waals surface area contributed by atoms with Crippen molar-refractivity contribution in [1.82, 2.24) is 0 Å². The molecule has 1 saturated carbocycles. The maximum atomic E-state index is 2.31. The van der Waals surface area contributed by atoms with E-state index in [1.165, 1.54) is 69.9 Å². The SMILES string of the molecule is Cc1cc[n+](CCCCCCC2CCCC2)cc1. The Bertz CT molecular complexity index is 322. The summed E-state index contributed by atoms with van der Waals surface area (Å²) in [5.74, 6) is 1.08. The lowest BCUT2D eigenvalue weighted by molar-refractivity contribution is -0.697. The molecule has 1 fully saturated rings. The van der Waals surface area contributed by atoms with Crippen LogP contribution in [0.3, 0.4) is 0 Å². The molecule has 0 amide bonds. The summed E-state index contributed by atoms with van der Waals surface area (Å²) in [6.07, 6.45) is 17.5. The van der Waals surface area contributed by atoms with E-state index in [1.54, 1.807) is 0 Å². The molecule has 1 nitrogen and oxygen atoms in total. The topological polar surface area (TPSA) is 3.88 Å². The largest absolute Gasteiger partial charge is 0.205 e. The number of unbranched alkanes of at least 4 members (excludes halogenated alkanes) is 3. The zero-order valence-corrected chi connectivity index (χ0v) is 11.9. The number of aryl methyl sites for hydroxylation is 2.